The van der Waals surface area contributed by atoms with Gasteiger partial charge in [-0.25, -0.2) is 0 Å². The lowest BCUT2D eigenvalue weighted by atomic mass is 9.93. The van der Waals surface area contributed by atoms with Gasteiger partial charge < -0.3 is 19.6 Å². The Morgan fingerprint density at radius 2 is 0.380 bits per heavy atom. The van der Waals surface area contributed by atoms with Gasteiger partial charge in [0.05, 0.1) is 54.0 Å². The normalized spacial score (nSPS) is 15.5. The van der Waals surface area contributed by atoms with Crippen LogP contribution in [0.1, 0.15) is 390 Å². The Bertz CT molecular complexity index is 4450. The van der Waals surface area contributed by atoms with Crippen LogP contribution in [0.4, 0.5) is 0 Å². The van der Waals surface area contributed by atoms with E-state index in [4.69, 9.17) is 0 Å². The van der Waals surface area contributed by atoms with E-state index in [0.717, 1.165) is 145 Å². The molecule has 0 saturated carbocycles. The standard InChI is InChI=1S/C106H152N4O4S7/c1-11-19-27-35-39-47-55-79(51-43-31-23-15-5)73-107-78(10)96-97(104(107)112)100(108(103(96)111)74-80(52-44-32-24-16-6)56-48-40-36-28-20-12-2)93-70-67-90(119-93)88-65-66-89(118-88)92-69-72-95(121-92)102-99-98(105(113)110(102)76-82(54-46-34-26-18-8)58-50-42-38-30-22-14-4)101(109(106(99)114)75-81(53-45-33-25-17-7)57-49-41-37-29-21-13-3)94-71-68-91(120-94)87-64-63-86(117-87)85-62-61-84(116-85)83-60-59-77(9)115-83/h59-72,79-82H,11-58,73-76H2,1-10H3. The zero-order valence-electron chi connectivity index (χ0n) is 76.4. The fraction of sp³-hybridized carbons (Fsp3) is 0.623. The lowest BCUT2D eigenvalue weighted by molar-refractivity contribution is -0.125. The van der Waals surface area contributed by atoms with Crippen molar-refractivity contribution in [2.75, 3.05) is 26.2 Å². The van der Waals surface area contributed by atoms with Gasteiger partial charge in [-0.05, 0) is 174 Å². The predicted molar refractivity (Wildman–Crippen MR) is 531 cm³/mol. The largest absolute Gasteiger partial charge is 0.311 e. The van der Waals surface area contributed by atoms with Crippen LogP contribution < -0.4 is 0 Å². The molecule has 0 bridgehead atoms. The lowest BCUT2D eigenvalue weighted by Crippen LogP contribution is -2.34. The van der Waals surface area contributed by atoms with Crippen molar-refractivity contribution in [2.45, 2.75) is 377 Å². The molecule has 0 spiro atoms. The van der Waals surface area contributed by atoms with Crippen molar-refractivity contribution in [2.24, 2.45) is 23.7 Å². The summed E-state index contributed by atoms with van der Waals surface area (Å²) in [6, 6.07) is 31.6. The van der Waals surface area contributed by atoms with E-state index in [0.29, 0.717) is 72.1 Å². The van der Waals surface area contributed by atoms with Gasteiger partial charge >= 0.3 is 0 Å². The zero-order valence-corrected chi connectivity index (χ0v) is 82.2. The highest BCUT2D eigenvalue weighted by Crippen LogP contribution is 2.54. The van der Waals surface area contributed by atoms with Crippen molar-refractivity contribution in [1.29, 1.82) is 0 Å². The Kier molecular flexibility index (Phi) is 41.0. The van der Waals surface area contributed by atoms with Gasteiger partial charge in [-0.1, -0.05) is 312 Å². The Balaban J connectivity index is 0.966. The number of carbonyl (C=O) groups is 4. The lowest BCUT2D eigenvalue weighted by Gasteiger charge is -2.29. The van der Waals surface area contributed by atoms with Crippen LogP contribution in [0.15, 0.2) is 113 Å². The molecule has 662 valence electrons. The molecule has 0 aliphatic carbocycles. The molecule has 4 aliphatic rings. The second-order valence-electron chi connectivity index (χ2n) is 36.3. The van der Waals surface area contributed by atoms with E-state index in [1.807, 2.05) is 38.9 Å². The minimum Gasteiger partial charge on any atom is -0.311 e. The first-order valence-electron chi connectivity index (χ1n) is 49.2. The van der Waals surface area contributed by atoms with Crippen LogP contribution >= 0.6 is 79.4 Å². The number of unbranched alkanes of at least 4 members (excludes halogenated alkanes) is 32. The molecule has 0 radical (unpaired) electrons. The van der Waals surface area contributed by atoms with E-state index < -0.39 is 0 Å². The van der Waals surface area contributed by atoms with Crippen molar-refractivity contribution in [3.05, 3.63) is 132 Å². The molecule has 0 N–H and O–H groups in total. The summed E-state index contributed by atoms with van der Waals surface area (Å²) in [5.74, 6) is 1.38. The summed E-state index contributed by atoms with van der Waals surface area (Å²) in [6.07, 6.45) is 57.6. The number of carbonyl (C=O) groups excluding carboxylic acids is 4. The molecule has 11 rings (SSSR count). The van der Waals surface area contributed by atoms with Crippen LogP contribution in [-0.2, 0) is 19.2 Å². The highest BCUT2D eigenvalue weighted by atomic mass is 32.1. The van der Waals surface area contributed by atoms with Gasteiger partial charge in [0.25, 0.3) is 23.6 Å². The molecule has 8 nitrogen and oxygen atoms in total. The van der Waals surface area contributed by atoms with Crippen LogP contribution in [0.5, 0.6) is 0 Å². The summed E-state index contributed by atoms with van der Waals surface area (Å²) < 4.78 is 0. The number of rotatable bonds is 64. The zero-order chi connectivity index (χ0) is 85.2. The van der Waals surface area contributed by atoms with Gasteiger partial charge in [0.15, 0.2) is 0 Å². The number of aryl methyl sites for hydroxylation is 1. The molecule has 7 aromatic heterocycles. The SMILES string of the molecule is CCCCCCCCC(CCCCCC)CN1C(=O)C2=C(c3ccc(-c4ccc(-c5ccc(C6=C7C(=O)N(CC(CCCCCC)CCCCCCCC)C(c8ccc(-c9ccc(-c%10ccc(-c%11ccc(C)s%11)s%10)s9)s8)=C7C(=O)N6CC(CCCCCC)CCCCCCCC)s5)s4)s3)N(CC(CCCCCC)CCCCCCCC)C(=O)C2=C1C. The number of amides is 4. The van der Waals surface area contributed by atoms with E-state index in [2.05, 4.69) is 169 Å². The third-order valence-electron chi connectivity index (χ3n) is 26.4. The highest BCUT2D eigenvalue weighted by Gasteiger charge is 2.51. The summed E-state index contributed by atoms with van der Waals surface area (Å²) in [5.41, 5.74) is 5.82. The molecule has 4 amide bonds. The Hall–Kier alpha value is -5.26. The van der Waals surface area contributed by atoms with Crippen molar-refractivity contribution < 1.29 is 19.2 Å². The van der Waals surface area contributed by atoms with E-state index in [1.165, 1.54) is 254 Å². The Morgan fingerprint density at radius 3 is 0.620 bits per heavy atom. The molecule has 15 heteroatoms. The molecule has 0 saturated heterocycles. The average molecular weight is 1770 g/mol. The van der Waals surface area contributed by atoms with Gasteiger partial charge in [-0.15, -0.1) is 79.4 Å². The minimum absolute atomic E-state index is 0.00781. The van der Waals surface area contributed by atoms with E-state index in [1.54, 1.807) is 45.3 Å². The predicted octanol–water partition coefficient (Wildman–Crippen LogP) is 34.6. The molecule has 4 atom stereocenters. The number of hydrogen-bond donors (Lipinski definition) is 0. The number of fused-ring (bicyclic) bond motifs is 2. The third kappa shape index (κ3) is 26.7. The summed E-state index contributed by atoms with van der Waals surface area (Å²) >= 11 is 12.6. The number of nitrogens with zero attached hydrogens (tertiary/aromatic N) is 4. The van der Waals surface area contributed by atoms with Crippen molar-refractivity contribution >= 4 is 120 Å². The summed E-state index contributed by atoms with van der Waals surface area (Å²) in [4.78, 5) is 89.4. The first-order valence-corrected chi connectivity index (χ1v) is 54.9. The third-order valence-corrected chi connectivity index (χ3v) is 34.9. The van der Waals surface area contributed by atoms with Crippen LogP contribution in [0.2, 0.25) is 0 Å². The maximum atomic E-state index is 16.6. The topological polar surface area (TPSA) is 81.2 Å². The maximum absolute atomic E-state index is 16.6. The van der Waals surface area contributed by atoms with Crippen LogP contribution in [0, 0.1) is 30.6 Å². The first-order chi connectivity index (χ1) is 59.3. The van der Waals surface area contributed by atoms with Gasteiger partial charge in [-0.2, -0.15) is 0 Å². The number of allylic oxidation sites excluding steroid dienone is 1. The second-order valence-corrected chi connectivity index (χ2v) is 44.1. The van der Waals surface area contributed by atoms with E-state index in [-0.39, 0.29) is 23.6 Å². The highest BCUT2D eigenvalue weighted by molar-refractivity contribution is 7.29. The van der Waals surface area contributed by atoms with Crippen molar-refractivity contribution in [3.8, 4) is 48.8 Å². The van der Waals surface area contributed by atoms with Gasteiger partial charge in [-0.3, -0.25) is 19.2 Å². The van der Waals surface area contributed by atoms with Gasteiger partial charge in [0.1, 0.15) is 0 Å². The first kappa shape index (κ1) is 96.4. The van der Waals surface area contributed by atoms with E-state index in [9.17, 15) is 0 Å². The molecular weight excluding hydrogens is 1620 g/mol. The number of hydrogen-bond acceptors (Lipinski definition) is 11. The van der Waals surface area contributed by atoms with Gasteiger partial charge in [0.2, 0.25) is 0 Å². The van der Waals surface area contributed by atoms with Gasteiger partial charge in [0, 0.05) is 85.5 Å². The Labute approximate surface area is 761 Å². The molecule has 7 aromatic rings. The summed E-state index contributed by atoms with van der Waals surface area (Å²) in [7, 11) is 0. The number of thiophene rings is 7. The van der Waals surface area contributed by atoms with E-state index >= 15 is 19.2 Å². The molecule has 4 aliphatic heterocycles. The monoisotopic (exact) mass is 1770 g/mol. The average Bonchev–Trinajstić information content (AvgIpc) is 1.58. The molecular formula is C106H152N4O4S7. The molecule has 4 unspecified atom stereocenters. The molecule has 0 aromatic carbocycles. The molecule has 11 heterocycles. The van der Waals surface area contributed by atoms with Crippen molar-refractivity contribution in [3.63, 3.8) is 0 Å². The summed E-state index contributed by atoms with van der Waals surface area (Å²) in [5, 5.41) is 0. The quantitative estimate of drug-likeness (QED) is 0.0356. The van der Waals surface area contributed by atoms with Crippen LogP contribution in [-0.4, -0.2) is 69.4 Å². The van der Waals surface area contributed by atoms with Crippen LogP contribution in [0.25, 0.3) is 65.9 Å². The minimum atomic E-state index is -0.00781. The Morgan fingerprint density at radius 1 is 0.207 bits per heavy atom. The van der Waals surface area contributed by atoms with Crippen molar-refractivity contribution in [1.82, 2.24) is 19.6 Å². The second kappa shape index (κ2) is 51.5. The fourth-order valence-corrected chi connectivity index (χ4v) is 26.8. The van der Waals surface area contributed by atoms with Crippen LogP contribution in [0.3, 0.4) is 0 Å². The smallest absolute Gasteiger partial charge is 0.261 e. The maximum Gasteiger partial charge on any atom is 0.261 e. The fourth-order valence-electron chi connectivity index (χ4n) is 19.3. The molecule has 0 fully saturated rings. The molecule has 121 heavy (non-hydrogen) atoms. The summed E-state index contributed by atoms with van der Waals surface area (Å²) in [6.45, 7) is 25.1.